The first-order valence-corrected chi connectivity index (χ1v) is 9.21. The lowest BCUT2D eigenvalue weighted by atomic mass is 9.88. The van der Waals surface area contributed by atoms with Crippen molar-refractivity contribution in [3.63, 3.8) is 0 Å². The lowest BCUT2D eigenvalue weighted by Gasteiger charge is -2.37. The van der Waals surface area contributed by atoms with Crippen LogP contribution in [0.25, 0.3) is 0 Å². The normalized spacial score (nSPS) is 19.4. The highest BCUT2D eigenvalue weighted by Gasteiger charge is 2.30. The number of rotatable bonds is 2. The van der Waals surface area contributed by atoms with Gasteiger partial charge in [0.25, 0.3) is 5.91 Å². The lowest BCUT2D eigenvalue weighted by molar-refractivity contribution is -0.138. The predicted octanol–water partition coefficient (Wildman–Crippen LogP) is 3.17. The largest absolute Gasteiger partial charge is 0.339 e. The van der Waals surface area contributed by atoms with Gasteiger partial charge >= 0.3 is 0 Å². The summed E-state index contributed by atoms with van der Waals surface area (Å²) in [5, 5.41) is 0. The molecule has 2 aliphatic rings. The van der Waals surface area contributed by atoms with Crippen LogP contribution in [0, 0.1) is 19.8 Å². The van der Waals surface area contributed by atoms with Crippen molar-refractivity contribution in [3.8, 4) is 0 Å². The first kappa shape index (κ1) is 17.0. The Morgan fingerprint density at radius 3 is 2.17 bits per heavy atom. The van der Waals surface area contributed by atoms with Gasteiger partial charge in [-0.25, -0.2) is 0 Å². The summed E-state index contributed by atoms with van der Waals surface area (Å²) in [7, 11) is 0. The van der Waals surface area contributed by atoms with Crippen LogP contribution in [0.1, 0.15) is 53.6 Å². The molecule has 0 spiro atoms. The number of nitrogens with zero attached hydrogens (tertiary/aromatic N) is 2. The lowest BCUT2D eigenvalue weighted by Crippen LogP contribution is -2.52. The summed E-state index contributed by atoms with van der Waals surface area (Å²) in [5.74, 6) is 0.630. The van der Waals surface area contributed by atoms with E-state index in [1.807, 2.05) is 35.8 Å². The Morgan fingerprint density at radius 2 is 1.54 bits per heavy atom. The van der Waals surface area contributed by atoms with Crippen molar-refractivity contribution >= 4 is 11.8 Å². The van der Waals surface area contributed by atoms with Gasteiger partial charge in [-0.2, -0.15) is 0 Å². The van der Waals surface area contributed by atoms with Gasteiger partial charge in [0.2, 0.25) is 5.91 Å². The zero-order valence-corrected chi connectivity index (χ0v) is 14.9. The van der Waals surface area contributed by atoms with Crippen LogP contribution in [-0.2, 0) is 4.79 Å². The number of carbonyl (C=O) groups excluding carboxylic acids is 2. The molecule has 0 bridgehead atoms. The van der Waals surface area contributed by atoms with Crippen molar-refractivity contribution in [2.24, 2.45) is 5.92 Å². The van der Waals surface area contributed by atoms with E-state index < -0.39 is 0 Å². The third-order valence-electron chi connectivity index (χ3n) is 5.45. The second-order valence-electron chi connectivity index (χ2n) is 7.27. The molecule has 130 valence electrons. The van der Waals surface area contributed by atoms with Gasteiger partial charge in [-0.3, -0.25) is 9.59 Å². The number of piperazine rings is 1. The number of amides is 2. The van der Waals surface area contributed by atoms with Gasteiger partial charge in [0, 0.05) is 37.7 Å². The van der Waals surface area contributed by atoms with E-state index in [1.165, 1.54) is 24.8 Å². The molecule has 1 aliphatic carbocycles. The van der Waals surface area contributed by atoms with E-state index in [4.69, 9.17) is 0 Å². The summed E-state index contributed by atoms with van der Waals surface area (Å²) in [5.41, 5.74) is 2.99. The Labute approximate surface area is 144 Å². The zero-order chi connectivity index (χ0) is 17.1. The standard InChI is InChI=1S/C20H28N2O2/c1-15-8-9-18(16(2)14-15)20(24)22-12-10-21(11-13-22)19(23)17-6-4-3-5-7-17/h8-9,14,17H,3-7,10-13H2,1-2H3. The van der Waals surface area contributed by atoms with Gasteiger partial charge in [-0.05, 0) is 38.3 Å². The molecule has 1 saturated carbocycles. The average molecular weight is 328 g/mol. The van der Waals surface area contributed by atoms with E-state index in [0.29, 0.717) is 32.1 Å². The fraction of sp³-hybridized carbons (Fsp3) is 0.600. The van der Waals surface area contributed by atoms with Gasteiger partial charge < -0.3 is 9.80 Å². The molecule has 2 amide bonds. The van der Waals surface area contributed by atoms with Crippen LogP contribution in [0.4, 0.5) is 0 Å². The minimum absolute atomic E-state index is 0.0947. The predicted molar refractivity (Wildman–Crippen MR) is 95.0 cm³/mol. The molecule has 4 nitrogen and oxygen atoms in total. The highest BCUT2D eigenvalue weighted by atomic mass is 16.2. The van der Waals surface area contributed by atoms with E-state index in [9.17, 15) is 9.59 Å². The van der Waals surface area contributed by atoms with Crippen molar-refractivity contribution in [1.29, 1.82) is 0 Å². The number of carbonyl (C=O) groups is 2. The van der Waals surface area contributed by atoms with Gasteiger partial charge in [0.05, 0.1) is 0 Å². The maximum absolute atomic E-state index is 12.7. The summed E-state index contributed by atoms with van der Waals surface area (Å²) < 4.78 is 0. The zero-order valence-electron chi connectivity index (χ0n) is 14.9. The minimum Gasteiger partial charge on any atom is -0.339 e. The van der Waals surface area contributed by atoms with Crippen LogP contribution in [0.2, 0.25) is 0 Å². The molecule has 1 aromatic rings. The number of hydrogen-bond acceptors (Lipinski definition) is 2. The highest BCUT2D eigenvalue weighted by molar-refractivity contribution is 5.96. The van der Waals surface area contributed by atoms with Crippen LogP contribution in [-0.4, -0.2) is 47.8 Å². The molecule has 1 aliphatic heterocycles. The number of benzene rings is 1. The first-order valence-electron chi connectivity index (χ1n) is 9.21. The van der Waals surface area contributed by atoms with Gasteiger partial charge in [0.1, 0.15) is 0 Å². The van der Waals surface area contributed by atoms with Gasteiger partial charge in [0.15, 0.2) is 0 Å². The third-order valence-corrected chi connectivity index (χ3v) is 5.45. The van der Waals surface area contributed by atoms with Crippen LogP contribution >= 0.6 is 0 Å². The molecule has 0 aromatic heterocycles. The topological polar surface area (TPSA) is 40.6 Å². The first-order chi connectivity index (χ1) is 11.6. The molecule has 2 fully saturated rings. The quantitative estimate of drug-likeness (QED) is 0.837. The summed E-state index contributed by atoms with van der Waals surface area (Å²) in [6.07, 6.45) is 5.71. The number of hydrogen-bond donors (Lipinski definition) is 0. The Bertz CT molecular complexity index is 612. The second kappa shape index (κ2) is 7.37. The summed E-state index contributed by atoms with van der Waals surface area (Å²) in [6, 6.07) is 5.96. The average Bonchev–Trinajstić information content (AvgIpc) is 2.61. The SMILES string of the molecule is Cc1ccc(C(=O)N2CCN(C(=O)C3CCCCC3)CC2)c(C)c1. The summed E-state index contributed by atoms with van der Waals surface area (Å²) in [6.45, 7) is 6.66. The molecule has 0 radical (unpaired) electrons. The van der Waals surface area contributed by atoms with Crippen molar-refractivity contribution in [1.82, 2.24) is 9.80 Å². The minimum atomic E-state index is 0.0947. The van der Waals surface area contributed by atoms with Crippen LogP contribution < -0.4 is 0 Å². The van der Waals surface area contributed by atoms with E-state index in [-0.39, 0.29) is 11.8 Å². The second-order valence-corrected chi connectivity index (χ2v) is 7.27. The van der Waals surface area contributed by atoms with Crippen molar-refractivity contribution < 1.29 is 9.59 Å². The fourth-order valence-electron chi connectivity index (χ4n) is 3.96. The van der Waals surface area contributed by atoms with E-state index in [2.05, 4.69) is 6.07 Å². The molecular weight excluding hydrogens is 300 g/mol. The molecule has 1 heterocycles. The smallest absolute Gasteiger partial charge is 0.254 e. The molecule has 0 atom stereocenters. The summed E-state index contributed by atoms with van der Waals surface area (Å²) >= 11 is 0. The van der Waals surface area contributed by atoms with E-state index >= 15 is 0 Å². The Balaban J connectivity index is 1.58. The molecule has 0 unspecified atom stereocenters. The molecule has 24 heavy (non-hydrogen) atoms. The van der Waals surface area contributed by atoms with Crippen LogP contribution in [0.5, 0.6) is 0 Å². The van der Waals surface area contributed by atoms with Gasteiger partial charge in [-0.1, -0.05) is 37.0 Å². The molecule has 4 heteroatoms. The molecule has 0 N–H and O–H groups in total. The third kappa shape index (κ3) is 3.63. The molecule has 1 aromatic carbocycles. The van der Waals surface area contributed by atoms with Crippen molar-refractivity contribution in [2.75, 3.05) is 26.2 Å². The monoisotopic (exact) mass is 328 g/mol. The van der Waals surface area contributed by atoms with E-state index in [1.54, 1.807) is 0 Å². The molecule has 1 saturated heterocycles. The number of aryl methyl sites for hydroxylation is 2. The summed E-state index contributed by atoms with van der Waals surface area (Å²) in [4.78, 5) is 29.2. The van der Waals surface area contributed by atoms with Crippen molar-refractivity contribution in [3.05, 3.63) is 34.9 Å². The Morgan fingerprint density at radius 1 is 0.917 bits per heavy atom. The maximum Gasteiger partial charge on any atom is 0.254 e. The Kier molecular flexibility index (Phi) is 5.22. The molecule has 3 rings (SSSR count). The van der Waals surface area contributed by atoms with Crippen molar-refractivity contribution in [2.45, 2.75) is 46.0 Å². The molecular formula is C20H28N2O2. The Hall–Kier alpha value is -1.84. The maximum atomic E-state index is 12.7. The fourth-order valence-corrected chi connectivity index (χ4v) is 3.96. The highest BCUT2D eigenvalue weighted by Crippen LogP contribution is 2.26. The van der Waals surface area contributed by atoms with E-state index in [0.717, 1.165) is 24.0 Å². The van der Waals surface area contributed by atoms with Gasteiger partial charge in [-0.15, -0.1) is 0 Å². The van der Waals surface area contributed by atoms with Crippen LogP contribution in [0.3, 0.4) is 0 Å². The van der Waals surface area contributed by atoms with Crippen LogP contribution in [0.15, 0.2) is 18.2 Å².